The van der Waals surface area contributed by atoms with Gasteiger partial charge in [-0.05, 0) is 12.5 Å². The van der Waals surface area contributed by atoms with Crippen LogP contribution in [0.15, 0.2) is 56.8 Å². The van der Waals surface area contributed by atoms with Gasteiger partial charge in [-0.3, -0.25) is 4.79 Å². The maximum absolute atomic E-state index is 11.6. The molecule has 0 bridgehead atoms. The minimum atomic E-state index is -0.214. The lowest BCUT2D eigenvalue weighted by molar-refractivity contribution is 0.426. The van der Waals surface area contributed by atoms with Gasteiger partial charge in [0.25, 0.3) is 0 Å². The second-order valence-corrected chi connectivity index (χ2v) is 5.96. The van der Waals surface area contributed by atoms with Gasteiger partial charge in [-0.15, -0.1) is 11.8 Å². The highest BCUT2D eigenvalue weighted by molar-refractivity contribution is 7.98. The van der Waals surface area contributed by atoms with E-state index in [0.29, 0.717) is 27.7 Å². The number of aromatic amines is 1. The molecule has 2 heterocycles. The van der Waals surface area contributed by atoms with E-state index in [-0.39, 0.29) is 5.56 Å². The van der Waals surface area contributed by atoms with Crippen molar-refractivity contribution in [2.45, 2.75) is 17.7 Å². The number of benzene rings is 1. The summed E-state index contributed by atoms with van der Waals surface area (Å²) in [4.78, 5) is 14.3. The molecule has 0 atom stereocenters. The van der Waals surface area contributed by atoms with Crippen molar-refractivity contribution in [3.05, 3.63) is 69.6 Å². The van der Waals surface area contributed by atoms with Gasteiger partial charge in [-0.2, -0.15) is 5.26 Å². The van der Waals surface area contributed by atoms with Gasteiger partial charge >= 0.3 is 0 Å². The van der Waals surface area contributed by atoms with E-state index in [0.717, 1.165) is 11.3 Å². The fourth-order valence-electron chi connectivity index (χ4n) is 2.17. The summed E-state index contributed by atoms with van der Waals surface area (Å²) in [6.45, 7) is 1.75. The zero-order valence-corrected chi connectivity index (χ0v) is 13.2. The Morgan fingerprint density at radius 3 is 2.83 bits per heavy atom. The van der Waals surface area contributed by atoms with E-state index in [1.807, 2.05) is 36.4 Å². The van der Waals surface area contributed by atoms with Crippen molar-refractivity contribution in [3.63, 3.8) is 0 Å². The second kappa shape index (κ2) is 6.55. The van der Waals surface area contributed by atoms with E-state index in [1.54, 1.807) is 6.92 Å². The van der Waals surface area contributed by atoms with Crippen LogP contribution in [0.25, 0.3) is 11.3 Å². The van der Waals surface area contributed by atoms with Crippen molar-refractivity contribution in [1.29, 1.82) is 5.26 Å². The van der Waals surface area contributed by atoms with Crippen molar-refractivity contribution < 1.29 is 4.52 Å². The molecule has 0 aliphatic carbocycles. The number of H-pyrrole nitrogens is 1. The monoisotopic (exact) mass is 323 g/mol. The Morgan fingerprint density at radius 1 is 1.30 bits per heavy atom. The summed E-state index contributed by atoms with van der Waals surface area (Å²) in [5, 5.41) is 13.8. The first kappa shape index (κ1) is 15.1. The molecule has 0 unspecified atom stereocenters. The molecule has 23 heavy (non-hydrogen) atoms. The number of aryl methyl sites for hydroxylation is 1. The van der Waals surface area contributed by atoms with Gasteiger partial charge in [0.1, 0.15) is 6.07 Å². The zero-order valence-electron chi connectivity index (χ0n) is 12.4. The average molecular weight is 323 g/mol. The van der Waals surface area contributed by atoms with Crippen LogP contribution >= 0.6 is 11.8 Å². The van der Waals surface area contributed by atoms with E-state index in [4.69, 9.17) is 4.52 Å². The molecule has 3 aromatic rings. The quantitative estimate of drug-likeness (QED) is 0.743. The number of thioether (sulfide) groups is 1. The lowest BCUT2D eigenvalue weighted by Crippen LogP contribution is -2.08. The van der Waals surface area contributed by atoms with Crippen LogP contribution in [0, 0.1) is 18.3 Å². The van der Waals surface area contributed by atoms with Crippen LogP contribution in [0.1, 0.15) is 16.8 Å². The van der Waals surface area contributed by atoms with Gasteiger partial charge in [0.05, 0.1) is 16.3 Å². The van der Waals surface area contributed by atoms with Gasteiger partial charge < -0.3 is 9.51 Å². The van der Waals surface area contributed by atoms with Crippen LogP contribution in [0.4, 0.5) is 0 Å². The van der Waals surface area contributed by atoms with E-state index < -0.39 is 0 Å². The fraction of sp³-hybridized carbons (Fsp3) is 0.118. The fourth-order valence-corrected chi connectivity index (χ4v) is 3.12. The molecule has 0 spiro atoms. The zero-order chi connectivity index (χ0) is 16.2. The molecule has 3 rings (SSSR count). The maximum Gasteiger partial charge on any atom is 0.249 e. The number of aromatic nitrogens is 2. The minimum absolute atomic E-state index is 0.214. The number of nitrogens with one attached hydrogen (secondary N) is 1. The van der Waals surface area contributed by atoms with Crippen LogP contribution in [0.3, 0.4) is 0 Å². The number of pyridine rings is 1. The van der Waals surface area contributed by atoms with Gasteiger partial charge in [-0.1, -0.05) is 35.5 Å². The predicted octanol–water partition coefficient (Wildman–Crippen LogP) is 3.50. The Kier molecular flexibility index (Phi) is 4.31. The van der Waals surface area contributed by atoms with Gasteiger partial charge in [-0.25, -0.2) is 0 Å². The summed E-state index contributed by atoms with van der Waals surface area (Å²) in [5.74, 6) is 1.20. The van der Waals surface area contributed by atoms with Gasteiger partial charge in [0.15, 0.2) is 5.76 Å². The maximum atomic E-state index is 11.6. The molecular weight excluding hydrogens is 310 g/mol. The third-order valence-electron chi connectivity index (χ3n) is 3.30. The van der Waals surface area contributed by atoms with Crippen LogP contribution in [-0.4, -0.2) is 10.1 Å². The van der Waals surface area contributed by atoms with Gasteiger partial charge in [0, 0.05) is 23.4 Å². The molecule has 0 fully saturated rings. The van der Waals surface area contributed by atoms with Crippen LogP contribution < -0.4 is 5.56 Å². The number of rotatable bonds is 4. The van der Waals surface area contributed by atoms with E-state index in [2.05, 4.69) is 16.2 Å². The summed E-state index contributed by atoms with van der Waals surface area (Å²) < 4.78 is 5.34. The lowest BCUT2D eigenvalue weighted by Gasteiger charge is -2.04. The SMILES string of the molecule is Cc1cc(=O)[nH]c(SCc2cc(-c3ccccc3)on2)c1C#N. The van der Waals surface area contributed by atoms with Crippen molar-refractivity contribution in [1.82, 2.24) is 10.1 Å². The summed E-state index contributed by atoms with van der Waals surface area (Å²) >= 11 is 1.36. The van der Waals surface area contributed by atoms with Crippen molar-refractivity contribution >= 4 is 11.8 Å². The minimum Gasteiger partial charge on any atom is -0.356 e. The summed E-state index contributed by atoms with van der Waals surface area (Å²) in [6, 6.07) is 15.1. The Morgan fingerprint density at radius 2 is 2.09 bits per heavy atom. The van der Waals surface area contributed by atoms with Crippen molar-refractivity contribution in [2.24, 2.45) is 0 Å². The summed E-state index contributed by atoms with van der Waals surface area (Å²) in [6.07, 6.45) is 0. The Labute approximate surface area is 137 Å². The number of nitrogens with zero attached hydrogens (tertiary/aromatic N) is 2. The molecule has 114 valence electrons. The van der Waals surface area contributed by atoms with E-state index in [9.17, 15) is 10.1 Å². The molecule has 0 saturated carbocycles. The third kappa shape index (κ3) is 3.35. The first-order valence-corrected chi connectivity index (χ1v) is 7.94. The Hall–Kier alpha value is -2.78. The molecule has 5 nitrogen and oxygen atoms in total. The first-order chi connectivity index (χ1) is 11.2. The highest BCUT2D eigenvalue weighted by Gasteiger charge is 2.11. The second-order valence-electron chi connectivity index (χ2n) is 4.97. The average Bonchev–Trinajstić information content (AvgIpc) is 3.02. The van der Waals surface area contributed by atoms with Crippen LogP contribution in [-0.2, 0) is 5.75 Å². The first-order valence-electron chi connectivity index (χ1n) is 6.95. The molecule has 0 radical (unpaired) electrons. The van der Waals surface area contributed by atoms with Gasteiger partial charge in [0.2, 0.25) is 5.56 Å². The van der Waals surface area contributed by atoms with E-state index >= 15 is 0 Å². The molecular formula is C17H13N3O2S. The molecule has 6 heteroatoms. The van der Waals surface area contributed by atoms with Crippen LogP contribution in [0.5, 0.6) is 0 Å². The summed E-state index contributed by atoms with van der Waals surface area (Å²) in [5.41, 5.74) is 2.65. The molecule has 0 aliphatic heterocycles. The molecule has 1 N–H and O–H groups in total. The lowest BCUT2D eigenvalue weighted by atomic mass is 10.2. The molecule has 0 aliphatic rings. The summed E-state index contributed by atoms with van der Waals surface area (Å²) in [7, 11) is 0. The van der Waals surface area contributed by atoms with Crippen molar-refractivity contribution in [2.75, 3.05) is 0 Å². The largest absolute Gasteiger partial charge is 0.356 e. The van der Waals surface area contributed by atoms with Crippen LogP contribution in [0.2, 0.25) is 0 Å². The highest BCUT2D eigenvalue weighted by Crippen LogP contribution is 2.26. The Bertz CT molecular complexity index is 923. The third-order valence-corrected chi connectivity index (χ3v) is 4.33. The highest BCUT2D eigenvalue weighted by atomic mass is 32.2. The normalized spacial score (nSPS) is 10.4. The van der Waals surface area contributed by atoms with E-state index in [1.165, 1.54) is 17.8 Å². The smallest absolute Gasteiger partial charge is 0.249 e. The molecule has 1 aromatic carbocycles. The number of nitriles is 1. The number of hydrogen-bond acceptors (Lipinski definition) is 5. The molecule has 0 amide bonds. The molecule has 2 aromatic heterocycles. The Balaban J connectivity index is 1.79. The topological polar surface area (TPSA) is 82.7 Å². The number of hydrogen-bond donors (Lipinski definition) is 1. The van der Waals surface area contributed by atoms with Crippen molar-refractivity contribution in [3.8, 4) is 17.4 Å². The standard InChI is InChI=1S/C17H13N3O2S/c1-11-7-16(21)19-17(14(11)9-18)23-10-13-8-15(22-20-13)12-5-3-2-4-6-12/h2-8H,10H2,1H3,(H,19,21). The molecule has 0 saturated heterocycles. The predicted molar refractivity (Wildman–Crippen MR) is 88.0 cm³/mol.